The molecular formula is C15H14Br2N2O. The van der Waals surface area contributed by atoms with Gasteiger partial charge in [-0.2, -0.15) is 0 Å². The summed E-state index contributed by atoms with van der Waals surface area (Å²) < 4.78 is 1.60. The largest absolute Gasteiger partial charge is 0.398 e. The van der Waals surface area contributed by atoms with Crippen LogP contribution in [0.15, 0.2) is 39.3 Å². The Hall–Kier alpha value is -1.33. The lowest BCUT2D eigenvalue weighted by Crippen LogP contribution is -2.15. The van der Waals surface area contributed by atoms with Crippen LogP contribution in [0.1, 0.15) is 21.5 Å². The molecule has 0 aliphatic carbocycles. The fourth-order valence-corrected chi connectivity index (χ4v) is 2.70. The third-order valence-corrected chi connectivity index (χ3v) is 4.31. The van der Waals surface area contributed by atoms with E-state index in [4.69, 9.17) is 5.73 Å². The molecule has 0 bridgehead atoms. The number of rotatable bonds is 2. The molecule has 104 valence electrons. The number of carbonyl (C=O) groups is 1. The van der Waals surface area contributed by atoms with Crippen molar-refractivity contribution in [3.05, 3.63) is 56.0 Å². The predicted molar refractivity (Wildman–Crippen MR) is 90.1 cm³/mol. The quantitative estimate of drug-likeness (QED) is 0.723. The normalized spacial score (nSPS) is 10.4. The number of anilines is 2. The van der Waals surface area contributed by atoms with Gasteiger partial charge in [-0.25, -0.2) is 0 Å². The molecule has 0 aromatic heterocycles. The minimum absolute atomic E-state index is 0.171. The van der Waals surface area contributed by atoms with Crippen LogP contribution in [0, 0.1) is 13.8 Å². The van der Waals surface area contributed by atoms with E-state index in [2.05, 4.69) is 37.2 Å². The van der Waals surface area contributed by atoms with Crippen LogP contribution in [0.5, 0.6) is 0 Å². The molecular weight excluding hydrogens is 384 g/mol. The fourth-order valence-electron chi connectivity index (χ4n) is 1.91. The molecule has 0 unspecified atom stereocenters. The van der Waals surface area contributed by atoms with Crippen LogP contribution in [-0.4, -0.2) is 5.91 Å². The summed E-state index contributed by atoms with van der Waals surface area (Å²) >= 11 is 6.76. The van der Waals surface area contributed by atoms with Crippen molar-refractivity contribution in [1.29, 1.82) is 0 Å². The van der Waals surface area contributed by atoms with Crippen LogP contribution in [0.2, 0.25) is 0 Å². The second-order valence-electron chi connectivity index (χ2n) is 4.55. The zero-order chi connectivity index (χ0) is 14.9. The molecule has 5 heteroatoms. The number of hydrogen-bond acceptors (Lipinski definition) is 2. The first-order valence-corrected chi connectivity index (χ1v) is 7.61. The molecule has 0 saturated heterocycles. The summed E-state index contributed by atoms with van der Waals surface area (Å²) in [6, 6.07) is 9.22. The highest BCUT2D eigenvalue weighted by Gasteiger charge is 2.14. The van der Waals surface area contributed by atoms with Gasteiger partial charge < -0.3 is 11.1 Å². The summed E-state index contributed by atoms with van der Waals surface area (Å²) in [6.07, 6.45) is 0. The summed E-state index contributed by atoms with van der Waals surface area (Å²) in [5.74, 6) is -0.171. The van der Waals surface area contributed by atoms with Crippen LogP contribution in [0.3, 0.4) is 0 Å². The van der Waals surface area contributed by atoms with Gasteiger partial charge in [0.15, 0.2) is 0 Å². The van der Waals surface area contributed by atoms with Crippen molar-refractivity contribution in [2.75, 3.05) is 11.1 Å². The van der Waals surface area contributed by atoms with Gasteiger partial charge in [0.05, 0.1) is 5.56 Å². The number of benzene rings is 2. The number of aryl methyl sites for hydroxylation is 1. The van der Waals surface area contributed by atoms with Crippen molar-refractivity contribution in [3.8, 4) is 0 Å². The van der Waals surface area contributed by atoms with Gasteiger partial charge >= 0.3 is 0 Å². The Bertz CT molecular complexity index is 684. The molecule has 0 fully saturated rings. The highest BCUT2D eigenvalue weighted by Crippen LogP contribution is 2.27. The maximum Gasteiger partial charge on any atom is 0.256 e. The maximum atomic E-state index is 12.4. The summed E-state index contributed by atoms with van der Waals surface area (Å²) in [5.41, 5.74) is 9.75. The molecule has 0 atom stereocenters. The second-order valence-corrected chi connectivity index (χ2v) is 6.32. The van der Waals surface area contributed by atoms with Crippen molar-refractivity contribution < 1.29 is 4.79 Å². The van der Waals surface area contributed by atoms with E-state index in [9.17, 15) is 4.79 Å². The van der Waals surface area contributed by atoms with Crippen LogP contribution in [0.4, 0.5) is 11.4 Å². The highest BCUT2D eigenvalue weighted by atomic mass is 79.9. The van der Waals surface area contributed by atoms with Crippen LogP contribution >= 0.6 is 31.9 Å². The summed E-state index contributed by atoms with van der Waals surface area (Å²) in [5, 5.41) is 2.93. The van der Waals surface area contributed by atoms with E-state index in [0.717, 1.165) is 25.8 Å². The molecule has 3 N–H and O–H groups in total. The predicted octanol–water partition coefficient (Wildman–Crippen LogP) is 4.66. The topological polar surface area (TPSA) is 55.1 Å². The Balaban J connectivity index is 2.38. The smallest absolute Gasteiger partial charge is 0.256 e. The van der Waals surface area contributed by atoms with Gasteiger partial charge in [-0.3, -0.25) is 4.79 Å². The van der Waals surface area contributed by atoms with E-state index < -0.39 is 0 Å². The van der Waals surface area contributed by atoms with E-state index >= 15 is 0 Å². The van der Waals surface area contributed by atoms with E-state index in [0.29, 0.717) is 11.3 Å². The molecule has 0 aliphatic rings. The van der Waals surface area contributed by atoms with Crippen LogP contribution in [0.25, 0.3) is 0 Å². The van der Waals surface area contributed by atoms with E-state index in [1.807, 2.05) is 38.1 Å². The van der Waals surface area contributed by atoms with E-state index in [1.165, 1.54) is 0 Å². The number of halogens is 2. The number of nitrogens with one attached hydrogen (secondary N) is 1. The molecule has 0 saturated carbocycles. The second kappa shape index (κ2) is 5.97. The lowest BCUT2D eigenvalue weighted by atomic mass is 10.1. The Morgan fingerprint density at radius 2 is 1.85 bits per heavy atom. The first-order chi connectivity index (χ1) is 9.40. The van der Waals surface area contributed by atoms with Gasteiger partial charge in [-0.05, 0) is 65.2 Å². The number of hydrogen-bond donors (Lipinski definition) is 2. The highest BCUT2D eigenvalue weighted by molar-refractivity contribution is 9.11. The fraction of sp³-hybridized carbons (Fsp3) is 0.133. The van der Waals surface area contributed by atoms with Gasteiger partial charge in [0.2, 0.25) is 0 Å². The third kappa shape index (κ3) is 3.04. The van der Waals surface area contributed by atoms with Crippen molar-refractivity contribution in [1.82, 2.24) is 0 Å². The van der Waals surface area contributed by atoms with Crippen molar-refractivity contribution in [3.63, 3.8) is 0 Å². The van der Waals surface area contributed by atoms with Crippen molar-refractivity contribution in [2.24, 2.45) is 0 Å². The molecule has 0 aliphatic heterocycles. The van der Waals surface area contributed by atoms with Crippen LogP contribution in [-0.2, 0) is 0 Å². The summed E-state index contributed by atoms with van der Waals surface area (Å²) in [7, 11) is 0. The number of nitrogens with two attached hydrogens (primary N) is 1. The summed E-state index contributed by atoms with van der Waals surface area (Å²) in [4.78, 5) is 12.4. The SMILES string of the molecule is Cc1ccc(N)c(C)c1NC(=O)c1cc(Br)ccc1Br. The molecule has 1 amide bonds. The number of carbonyl (C=O) groups excluding carboxylic acids is 1. The third-order valence-electron chi connectivity index (χ3n) is 3.13. The lowest BCUT2D eigenvalue weighted by Gasteiger charge is -2.14. The van der Waals surface area contributed by atoms with Crippen LogP contribution < -0.4 is 11.1 Å². The average Bonchev–Trinajstić information content (AvgIpc) is 2.41. The van der Waals surface area contributed by atoms with Crippen molar-refractivity contribution >= 4 is 49.1 Å². The van der Waals surface area contributed by atoms with E-state index in [1.54, 1.807) is 6.07 Å². The first-order valence-electron chi connectivity index (χ1n) is 6.02. The molecule has 0 heterocycles. The molecule has 2 aromatic carbocycles. The molecule has 3 nitrogen and oxygen atoms in total. The monoisotopic (exact) mass is 396 g/mol. The minimum atomic E-state index is -0.171. The van der Waals surface area contributed by atoms with Gasteiger partial charge in [0.25, 0.3) is 5.91 Å². The standard InChI is InChI=1S/C15H14Br2N2O/c1-8-3-6-13(18)9(2)14(8)19-15(20)11-7-10(16)4-5-12(11)17/h3-7H,18H2,1-2H3,(H,19,20). The zero-order valence-corrected chi connectivity index (χ0v) is 14.3. The number of nitrogen functional groups attached to an aromatic ring is 1. The van der Waals surface area contributed by atoms with Gasteiger partial charge in [-0.1, -0.05) is 22.0 Å². The minimum Gasteiger partial charge on any atom is -0.398 e. The Morgan fingerprint density at radius 1 is 1.15 bits per heavy atom. The lowest BCUT2D eigenvalue weighted by molar-refractivity contribution is 0.102. The number of amides is 1. The zero-order valence-electron chi connectivity index (χ0n) is 11.1. The molecule has 20 heavy (non-hydrogen) atoms. The Labute approximate surface area is 134 Å². The molecule has 2 rings (SSSR count). The average molecular weight is 398 g/mol. The Kier molecular flexibility index (Phi) is 4.50. The Morgan fingerprint density at radius 3 is 2.55 bits per heavy atom. The maximum absolute atomic E-state index is 12.4. The van der Waals surface area contributed by atoms with Gasteiger partial charge in [-0.15, -0.1) is 0 Å². The first kappa shape index (κ1) is 15.1. The molecule has 0 spiro atoms. The van der Waals surface area contributed by atoms with Crippen molar-refractivity contribution in [2.45, 2.75) is 13.8 Å². The summed E-state index contributed by atoms with van der Waals surface area (Å²) in [6.45, 7) is 3.84. The van der Waals surface area contributed by atoms with E-state index in [-0.39, 0.29) is 5.91 Å². The molecule has 2 aromatic rings. The molecule has 0 radical (unpaired) electrons. The van der Waals surface area contributed by atoms with Gasteiger partial charge in [0.1, 0.15) is 0 Å². The van der Waals surface area contributed by atoms with Gasteiger partial charge in [0, 0.05) is 20.3 Å².